The molecule has 2 amide bonds. The molecule has 0 heterocycles. The minimum absolute atomic E-state index is 0.177. The van der Waals surface area contributed by atoms with Gasteiger partial charge < -0.3 is 19.7 Å². The monoisotopic (exact) mass is 519 g/mol. The third-order valence-corrected chi connectivity index (χ3v) is 6.94. The van der Waals surface area contributed by atoms with E-state index in [0.29, 0.717) is 18.7 Å². The number of hydrogen-bond donors (Lipinski definition) is 1. The fraction of sp³-hybridized carbons (Fsp3) is 0.462. The van der Waals surface area contributed by atoms with Gasteiger partial charge in [-0.25, -0.2) is 8.42 Å². The van der Waals surface area contributed by atoms with Gasteiger partial charge in [-0.1, -0.05) is 43.7 Å². The Morgan fingerprint density at radius 1 is 1.06 bits per heavy atom. The van der Waals surface area contributed by atoms with Crippen molar-refractivity contribution in [3.8, 4) is 11.5 Å². The van der Waals surface area contributed by atoms with Gasteiger partial charge in [-0.15, -0.1) is 0 Å². The molecule has 0 aliphatic rings. The van der Waals surface area contributed by atoms with Crippen LogP contribution in [-0.2, 0) is 26.0 Å². The van der Waals surface area contributed by atoms with E-state index in [1.165, 1.54) is 25.2 Å². The van der Waals surface area contributed by atoms with Crippen LogP contribution in [0.5, 0.6) is 11.5 Å². The lowest BCUT2D eigenvalue weighted by molar-refractivity contribution is -0.138. The molecule has 0 unspecified atom stereocenters. The number of benzene rings is 2. The molecule has 0 aromatic heterocycles. The van der Waals surface area contributed by atoms with E-state index in [0.717, 1.165) is 29.0 Å². The second-order valence-electron chi connectivity index (χ2n) is 8.45. The molecular weight excluding hydrogens is 482 g/mol. The number of hydrogen-bond acceptors (Lipinski definition) is 6. The summed E-state index contributed by atoms with van der Waals surface area (Å²) in [5.74, 6) is -0.0965. The average Bonchev–Trinajstić information content (AvgIpc) is 2.86. The van der Waals surface area contributed by atoms with Gasteiger partial charge in [0.1, 0.15) is 24.1 Å². The fourth-order valence-corrected chi connectivity index (χ4v) is 4.54. The molecule has 2 rings (SSSR count). The molecule has 0 radical (unpaired) electrons. The summed E-state index contributed by atoms with van der Waals surface area (Å²) >= 11 is 0. The Bertz CT molecular complexity index is 1110. The maximum absolute atomic E-state index is 13.6. The van der Waals surface area contributed by atoms with E-state index in [9.17, 15) is 18.0 Å². The van der Waals surface area contributed by atoms with Crippen LogP contribution >= 0.6 is 0 Å². The molecule has 36 heavy (non-hydrogen) atoms. The maximum Gasteiger partial charge on any atom is 0.244 e. The lowest BCUT2D eigenvalue weighted by Crippen LogP contribution is -2.52. The summed E-state index contributed by atoms with van der Waals surface area (Å²) in [6.45, 7) is 3.94. The molecule has 0 bridgehead atoms. The van der Waals surface area contributed by atoms with E-state index in [1.54, 1.807) is 19.1 Å². The van der Waals surface area contributed by atoms with Gasteiger partial charge in [0.2, 0.25) is 21.8 Å². The Balaban J connectivity index is 2.37. The summed E-state index contributed by atoms with van der Waals surface area (Å²) in [6.07, 6.45) is 3.29. The van der Waals surface area contributed by atoms with Crippen molar-refractivity contribution in [1.82, 2.24) is 10.2 Å². The van der Waals surface area contributed by atoms with E-state index >= 15 is 0 Å². The van der Waals surface area contributed by atoms with Gasteiger partial charge in [-0.05, 0) is 37.5 Å². The van der Waals surface area contributed by atoms with Crippen molar-refractivity contribution in [3.05, 3.63) is 54.1 Å². The average molecular weight is 520 g/mol. The molecule has 2 aromatic rings. The standard InChI is InChI=1S/C26H37N3O6S/c1-6-7-16-27-26(31)20(2)28(17-15-21-11-9-8-10-12-21)25(30)19-29(36(5,32)33)23-18-22(34-3)13-14-24(23)35-4/h8-14,18,20H,6-7,15-17,19H2,1-5H3,(H,27,31)/t20-/m1/s1. The molecule has 0 fully saturated rings. The highest BCUT2D eigenvalue weighted by molar-refractivity contribution is 7.92. The Morgan fingerprint density at radius 3 is 2.33 bits per heavy atom. The van der Waals surface area contributed by atoms with Crippen LogP contribution in [0.15, 0.2) is 48.5 Å². The lowest BCUT2D eigenvalue weighted by atomic mass is 10.1. The summed E-state index contributed by atoms with van der Waals surface area (Å²) in [5, 5.41) is 2.86. The highest BCUT2D eigenvalue weighted by Crippen LogP contribution is 2.33. The Kier molecular flexibility index (Phi) is 11.0. The first-order valence-corrected chi connectivity index (χ1v) is 13.8. The van der Waals surface area contributed by atoms with Gasteiger partial charge in [0.25, 0.3) is 0 Å². The zero-order valence-corrected chi connectivity index (χ0v) is 22.5. The van der Waals surface area contributed by atoms with Crippen molar-refractivity contribution >= 4 is 27.5 Å². The van der Waals surface area contributed by atoms with Crippen molar-refractivity contribution in [2.45, 2.75) is 39.2 Å². The van der Waals surface area contributed by atoms with Crippen LogP contribution < -0.4 is 19.1 Å². The first-order chi connectivity index (χ1) is 17.1. The number of ether oxygens (including phenoxy) is 2. The molecule has 198 valence electrons. The molecule has 10 heteroatoms. The van der Waals surface area contributed by atoms with E-state index < -0.39 is 28.5 Å². The highest BCUT2D eigenvalue weighted by atomic mass is 32.2. The van der Waals surface area contributed by atoms with Crippen molar-refractivity contribution in [2.24, 2.45) is 0 Å². The van der Waals surface area contributed by atoms with Crippen molar-refractivity contribution in [3.63, 3.8) is 0 Å². The maximum atomic E-state index is 13.6. The molecule has 9 nitrogen and oxygen atoms in total. The normalized spacial score (nSPS) is 11.9. The van der Waals surface area contributed by atoms with Crippen molar-refractivity contribution in [1.29, 1.82) is 0 Å². The minimum atomic E-state index is -3.89. The number of methoxy groups -OCH3 is 2. The molecule has 0 aliphatic carbocycles. The van der Waals surface area contributed by atoms with Crippen molar-refractivity contribution < 1.29 is 27.5 Å². The summed E-state index contributed by atoms with van der Waals surface area (Å²) in [4.78, 5) is 27.9. The number of carbonyl (C=O) groups is 2. The van der Waals surface area contributed by atoms with Gasteiger partial charge in [0.05, 0.1) is 26.2 Å². The van der Waals surface area contributed by atoms with Crippen LogP contribution in [0.4, 0.5) is 5.69 Å². The smallest absolute Gasteiger partial charge is 0.244 e. The van der Waals surface area contributed by atoms with Gasteiger partial charge in [-0.2, -0.15) is 0 Å². The summed E-state index contributed by atoms with van der Waals surface area (Å²) in [6, 6.07) is 13.5. The Labute approximate surface area is 214 Å². The molecule has 0 saturated carbocycles. The highest BCUT2D eigenvalue weighted by Gasteiger charge is 2.31. The van der Waals surface area contributed by atoms with Gasteiger partial charge in [0.15, 0.2) is 0 Å². The quantitative estimate of drug-likeness (QED) is 0.385. The van der Waals surface area contributed by atoms with Gasteiger partial charge in [0, 0.05) is 19.2 Å². The Morgan fingerprint density at radius 2 is 1.75 bits per heavy atom. The molecule has 0 saturated heterocycles. The predicted molar refractivity (Wildman–Crippen MR) is 141 cm³/mol. The number of amides is 2. The lowest BCUT2D eigenvalue weighted by Gasteiger charge is -2.32. The van der Waals surface area contributed by atoms with Crippen LogP contribution in [0.2, 0.25) is 0 Å². The van der Waals surface area contributed by atoms with Crippen molar-refractivity contribution in [2.75, 3.05) is 44.4 Å². The second kappa shape index (κ2) is 13.7. The van der Waals surface area contributed by atoms with E-state index in [1.807, 2.05) is 37.3 Å². The SMILES string of the molecule is CCCCNC(=O)[C@@H](C)N(CCc1ccccc1)C(=O)CN(c1cc(OC)ccc1OC)S(C)(=O)=O. The number of rotatable bonds is 14. The van der Waals surface area contributed by atoms with Crippen LogP contribution in [0.3, 0.4) is 0 Å². The first kappa shape index (κ1) is 29.0. The zero-order chi connectivity index (χ0) is 26.7. The van der Waals surface area contributed by atoms with Crippen LogP contribution in [0.25, 0.3) is 0 Å². The van der Waals surface area contributed by atoms with Crippen LogP contribution in [0.1, 0.15) is 32.3 Å². The third-order valence-electron chi connectivity index (χ3n) is 5.81. The molecular formula is C26H37N3O6S. The summed E-state index contributed by atoms with van der Waals surface area (Å²) < 4.78 is 37.2. The number of nitrogens with zero attached hydrogens (tertiary/aromatic N) is 2. The number of sulfonamides is 1. The predicted octanol–water partition coefficient (Wildman–Crippen LogP) is 2.85. The van der Waals surface area contributed by atoms with Gasteiger partial charge in [-0.3, -0.25) is 13.9 Å². The third kappa shape index (κ3) is 8.15. The second-order valence-corrected chi connectivity index (χ2v) is 10.4. The zero-order valence-electron chi connectivity index (χ0n) is 21.7. The number of carbonyl (C=O) groups excluding carboxylic acids is 2. The number of anilines is 1. The van der Waals surface area contributed by atoms with E-state index in [4.69, 9.17) is 9.47 Å². The molecule has 1 N–H and O–H groups in total. The first-order valence-electron chi connectivity index (χ1n) is 11.9. The molecule has 1 atom stereocenters. The molecule has 0 spiro atoms. The van der Waals surface area contributed by atoms with Gasteiger partial charge >= 0.3 is 0 Å². The molecule has 2 aromatic carbocycles. The fourth-order valence-electron chi connectivity index (χ4n) is 3.69. The molecule has 0 aliphatic heterocycles. The van der Waals surface area contributed by atoms with E-state index in [2.05, 4.69) is 5.32 Å². The topological polar surface area (TPSA) is 105 Å². The largest absolute Gasteiger partial charge is 0.497 e. The minimum Gasteiger partial charge on any atom is -0.497 e. The van der Waals surface area contributed by atoms with Crippen LogP contribution in [-0.4, -0.2) is 71.3 Å². The number of unbranched alkanes of at least 4 members (excludes halogenated alkanes) is 1. The summed E-state index contributed by atoms with van der Waals surface area (Å²) in [7, 11) is -1.00. The Hall–Kier alpha value is -3.27. The van der Waals surface area contributed by atoms with Crippen LogP contribution in [0, 0.1) is 0 Å². The number of nitrogens with one attached hydrogen (secondary N) is 1. The summed E-state index contributed by atoms with van der Waals surface area (Å²) in [5.41, 5.74) is 1.18. The van der Waals surface area contributed by atoms with E-state index in [-0.39, 0.29) is 23.9 Å².